The summed E-state index contributed by atoms with van der Waals surface area (Å²) in [6.45, 7) is 0. The molecule has 0 fully saturated rings. The standard InChI is InChI=1S/C41H26N2O2/c1-2-11-31(12-3-1)43(33-23-24-36-35-13-6-7-16-38(35)44-39(36)26-33)32-21-19-28(20-22-32)34-14-8-15-37-40(34)45-41(42-37)30-18-17-27-9-4-5-10-29(27)25-30/h1-26H. The Hall–Kier alpha value is -6.13. The Kier molecular flexibility index (Phi) is 5.78. The van der Waals surface area contributed by atoms with Crippen molar-refractivity contribution in [1.82, 2.24) is 4.98 Å². The first kappa shape index (κ1) is 25.4. The first-order chi connectivity index (χ1) is 22.3. The highest BCUT2D eigenvalue weighted by molar-refractivity contribution is 6.06. The Bertz CT molecular complexity index is 2490. The van der Waals surface area contributed by atoms with Gasteiger partial charge in [0.15, 0.2) is 5.58 Å². The van der Waals surface area contributed by atoms with E-state index in [1.807, 2.05) is 36.4 Å². The summed E-state index contributed by atoms with van der Waals surface area (Å²) in [7, 11) is 0. The molecule has 0 N–H and O–H groups in total. The molecule has 9 rings (SSSR count). The number of aromatic nitrogens is 1. The van der Waals surface area contributed by atoms with E-state index < -0.39 is 0 Å². The van der Waals surface area contributed by atoms with Crippen molar-refractivity contribution in [2.24, 2.45) is 0 Å². The van der Waals surface area contributed by atoms with Crippen molar-refractivity contribution in [2.45, 2.75) is 0 Å². The Morgan fingerprint density at radius 3 is 2.04 bits per heavy atom. The number of hydrogen-bond donors (Lipinski definition) is 0. The number of anilines is 3. The van der Waals surface area contributed by atoms with E-state index in [0.717, 1.165) is 72.2 Å². The second-order valence-corrected chi connectivity index (χ2v) is 11.2. The first-order valence-electron chi connectivity index (χ1n) is 15.0. The van der Waals surface area contributed by atoms with Gasteiger partial charge >= 0.3 is 0 Å². The molecule has 212 valence electrons. The summed E-state index contributed by atoms with van der Waals surface area (Å²) in [5.41, 5.74) is 9.55. The first-order valence-corrected chi connectivity index (χ1v) is 15.0. The number of rotatable bonds is 5. The summed E-state index contributed by atoms with van der Waals surface area (Å²) in [5.74, 6) is 0.621. The Morgan fingerprint density at radius 2 is 1.16 bits per heavy atom. The molecule has 0 atom stereocenters. The van der Waals surface area contributed by atoms with E-state index in [2.05, 4.69) is 126 Å². The lowest BCUT2D eigenvalue weighted by molar-refractivity contribution is 0.621. The van der Waals surface area contributed by atoms with Crippen LogP contribution in [0.4, 0.5) is 17.1 Å². The Morgan fingerprint density at radius 1 is 0.444 bits per heavy atom. The zero-order valence-electron chi connectivity index (χ0n) is 24.2. The number of nitrogens with zero attached hydrogens (tertiary/aromatic N) is 2. The zero-order chi connectivity index (χ0) is 29.7. The van der Waals surface area contributed by atoms with Crippen LogP contribution in [-0.2, 0) is 0 Å². The van der Waals surface area contributed by atoms with Crippen molar-refractivity contribution in [2.75, 3.05) is 4.90 Å². The monoisotopic (exact) mass is 578 g/mol. The molecule has 0 saturated carbocycles. The fraction of sp³-hybridized carbons (Fsp3) is 0. The highest BCUT2D eigenvalue weighted by Gasteiger charge is 2.17. The molecule has 7 aromatic carbocycles. The fourth-order valence-electron chi connectivity index (χ4n) is 6.29. The maximum atomic E-state index is 6.44. The average molecular weight is 579 g/mol. The largest absolute Gasteiger partial charge is 0.456 e. The predicted octanol–water partition coefficient (Wildman–Crippen LogP) is 11.7. The molecule has 0 bridgehead atoms. The van der Waals surface area contributed by atoms with Crippen molar-refractivity contribution >= 4 is 60.9 Å². The summed E-state index contributed by atoms with van der Waals surface area (Å²) in [6, 6.07) is 54.4. The van der Waals surface area contributed by atoms with E-state index in [-0.39, 0.29) is 0 Å². The lowest BCUT2D eigenvalue weighted by Gasteiger charge is -2.25. The van der Waals surface area contributed by atoms with Gasteiger partial charge in [-0.2, -0.15) is 0 Å². The minimum atomic E-state index is 0.621. The average Bonchev–Trinajstić information content (AvgIpc) is 3.71. The second kappa shape index (κ2) is 10.2. The molecule has 0 aliphatic carbocycles. The van der Waals surface area contributed by atoms with Gasteiger partial charge in [-0.25, -0.2) is 4.98 Å². The van der Waals surface area contributed by atoms with Crippen molar-refractivity contribution in [3.63, 3.8) is 0 Å². The maximum Gasteiger partial charge on any atom is 0.227 e. The van der Waals surface area contributed by atoms with Gasteiger partial charge in [-0.05, 0) is 77.0 Å². The van der Waals surface area contributed by atoms with Gasteiger partial charge < -0.3 is 13.7 Å². The van der Waals surface area contributed by atoms with Crippen LogP contribution in [0.3, 0.4) is 0 Å². The molecule has 0 saturated heterocycles. The molecule has 0 radical (unpaired) electrons. The third kappa shape index (κ3) is 4.35. The van der Waals surface area contributed by atoms with Crippen molar-refractivity contribution < 1.29 is 8.83 Å². The number of oxazole rings is 1. The number of fused-ring (bicyclic) bond motifs is 5. The van der Waals surface area contributed by atoms with E-state index in [0.29, 0.717) is 5.89 Å². The normalized spacial score (nSPS) is 11.6. The number of para-hydroxylation sites is 3. The molecule has 45 heavy (non-hydrogen) atoms. The molecule has 0 aliphatic heterocycles. The van der Waals surface area contributed by atoms with Crippen LogP contribution < -0.4 is 4.90 Å². The van der Waals surface area contributed by atoms with Crippen molar-refractivity contribution in [3.05, 3.63) is 158 Å². The minimum Gasteiger partial charge on any atom is -0.456 e. The van der Waals surface area contributed by atoms with Gasteiger partial charge in [0, 0.05) is 45.0 Å². The summed E-state index contributed by atoms with van der Waals surface area (Å²) >= 11 is 0. The number of benzene rings is 7. The number of hydrogen-bond acceptors (Lipinski definition) is 4. The molecular formula is C41H26N2O2. The van der Waals surface area contributed by atoms with E-state index in [4.69, 9.17) is 13.8 Å². The van der Waals surface area contributed by atoms with Crippen LogP contribution in [0.2, 0.25) is 0 Å². The molecule has 4 heteroatoms. The molecule has 2 aromatic heterocycles. The van der Waals surface area contributed by atoms with Crippen LogP contribution in [0.15, 0.2) is 167 Å². The van der Waals surface area contributed by atoms with Crippen LogP contribution in [0.1, 0.15) is 0 Å². The lowest BCUT2D eigenvalue weighted by atomic mass is 10.0. The molecule has 0 spiro atoms. The Balaban J connectivity index is 1.11. The van der Waals surface area contributed by atoms with E-state index >= 15 is 0 Å². The van der Waals surface area contributed by atoms with Crippen LogP contribution >= 0.6 is 0 Å². The minimum absolute atomic E-state index is 0.621. The molecule has 4 nitrogen and oxygen atoms in total. The molecule has 2 heterocycles. The smallest absolute Gasteiger partial charge is 0.227 e. The molecule has 0 aliphatic rings. The molecule has 0 amide bonds. The van der Waals surface area contributed by atoms with Crippen LogP contribution in [0.25, 0.3) is 66.4 Å². The van der Waals surface area contributed by atoms with Gasteiger partial charge in [0.25, 0.3) is 0 Å². The molecule has 0 unspecified atom stereocenters. The third-order valence-corrected chi connectivity index (χ3v) is 8.48. The number of furan rings is 1. The van der Waals surface area contributed by atoms with E-state index in [1.165, 1.54) is 5.39 Å². The van der Waals surface area contributed by atoms with Crippen LogP contribution in [0, 0.1) is 0 Å². The van der Waals surface area contributed by atoms with Gasteiger partial charge in [-0.3, -0.25) is 0 Å². The van der Waals surface area contributed by atoms with Gasteiger partial charge in [0.1, 0.15) is 16.7 Å². The zero-order valence-corrected chi connectivity index (χ0v) is 24.2. The topological polar surface area (TPSA) is 42.4 Å². The fourth-order valence-corrected chi connectivity index (χ4v) is 6.29. The van der Waals surface area contributed by atoms with Gasteiger partial charge in [0.05, 0.1) is 0 Å². The van der Waals surface area contributed by atoms with Gasteiger partial charge in [-0.1, -0.05) is 91.0 Å². The van der Waals surface area contributed by atoms with E-state index in [9.17, 15) is 0 Å². The van der Waals surface area contributed by atoms with Gasteiger partial charge in [0.2, 0.25) is 5.89 Å². The highest BCUT2D eigenvalue weighted by Crippen LogP contribution is 2.40. The summed E-state index contributed by atoms with van der Waals surface area (Å²) in [6.07, 6.45) is 0. The Labute approximate surface area is 259 Å². The lowest BCUT2D eigenvalue weighted by Crippen LogP contribution is -2.09. The van der Waals surface area contributed by atoms with E-state index in [1.54, 1.807) is 0 Å². The summed E-state index contributed by atoms with van der Waals surface area (Å²) in [5, 5.41) is 4.59. The van der Waals surface area contributed by atoms with Crippen LogP contribution in [-0.4, -0.2) is 4.98 Å². The van der Waals surface area contributed by atoms with Crippen molar-refractivity contribution in [3.8, 4) is 22.6 Å². The van der Waals surface area contributed by atoms with Crippen LogP contribution in [0.5, 0.6) is 0 Å². The SMILES string of the molecule is c1ccc(N(c2ccc(-c3cccc4nc(-c5ccc6ccccc6c5)oc34)cc2)c2ccc3c(c2)oc2ccccc23)cc1. The van der Waals surface area contributed by atoms with Crippen molar-refractivity contribution in [1.29, 1.82) is 0 Å². The maximum absolute atomic E-state index is 6.44. The predicted molar refractivity (Wildman–Crippen MR) is 184 cm³/mol. The molecular weight excluding hydrogens is 552 g/mol. The molecule has 9 aromatic rings. The second-order valence-electron chi connectivity index (χ2n) is 11.2. The summed E-state index contributed by atoms with van der Waals surface area (Å²) < 4.78 is 12.7. The van der Waals surface area contributed by atoms with Gasteiger partial charge in [-0.15, -0.1) is 0 Å². The summed E-state index contributed by atoms with van der Waals surface area (Å²) in [4.78, 5) is 7.11. The quantitative estimate of drug-likeness (QED) is 0.204. The third-order valence-electron chi connectivity index (χ3n) is 8.48. The highest BCUT2D eigenvalue weighted by atomic mass is 16.3.